The van der Waals surface area contributed by atoms with Gasteiger partial charge in [0.1, 0.15) is 5.75 Å². The van der Waals surface area contributed by atoms with Crippen LogP contribution in [0.2, 0.25) is 0 Å². The molecule has 0 radical (unpaired) electrons. The molecular weight excluding hydrogens is 404 g/mol. The number of carbonyl (C=O) groups is 3. The molecule has 4 rings (SSSR count). The predicted molar refractivity (Wildman–Crippen MR) is 122 cm³/mol. The van der Waals surface area contributed by atoms with E-state index in [9.17, 15) is 14.4 Å². The van der Waals surface area contributed by atoms with E-state index in [1.165, 1.54) is 0 Å². The summed E-state index contributed by atoms with van der Waals surface area (Å²) in [5, 5.41) is 0. The highest BCUT2D eigenvalue weighted by Crippen LogP contribution is 2.54. The number of primary amides is 1. The Bertz CT molecular complexity index is 1020. The van der Waals surface area contributed by atoms with Gasteiger partial charge in [-0.25, -0.2) is 0 Å². The van der Waals surface area contributed by atoms with Gasteiger partial charge in [0.15, 0.2) is 18.2 Å². The van der Waals surface area contributed by atoms with Gasteiger partial charge in [-0.2, -0.15) is 0 Å². The van der Waals surface area contributed by atoms with Crippen molar-refractivity contribution in [3.05, 3.63) is 52.4 Å². The Kier molecular flexibility index (Phi) is 5.30. The van der Waals surface area contributed by atoms with Crippen LogP contribution in [0.5, 0.6) is 5.75 Å². The van der Waals surface area contributed by atoms with Crippen LogP contribution in [0.15, 0.2) is 46.8 Å². The molecule has 170 valence electrons. The van der Waals surface area contributed by atoms with E-state index in [0.717, 1.165) is 40.9 Å². The largest absolute Gasteiger partial charge is 0.484 e. The third-order valence-corrected chi connectivity index (χ3v) is 6.75. The molecule has 1 aromatic rings. The zero-order valence-corrected chi connectivity index (χ0v) is 19.6. The van der Waals surface area contributed by atoms with Crippen LogP contribution in [0.3, 0.4) is 0 Å². The number of carbonyl (C=O) groups excluding carboxylic acids is 3. The van der Waals surface area contributed by atoms with Gasteiger partial charge in [-0.15, -0.1) is 0 Å². The maximum Gasteiger partial charge on any atom is 0.255 e. The summed E-state index contributed by atoms with van der Waals surface area (Å²) in [5.41, 5.74) is 9.29. The van der Waals surface area contributed by atoms with Gasteiger partial charge in [-0.05, 0) is 41.4 Å². The predicted octanol–water partition coefficient (Wildman–Crippen LogP) is 3.87. The number of hydrogen-bond acceptors (Lipinski definition) is 5. The van der Waals surface area contributed by atoms with Crippen LogP contribution in [0.1, 0.15) is 64.9 Å². The van der Waals surface area contributed by atoms with Gasteiger partial charge in [-0.3, -0.25) is 14.4 Å². The fourth-order valence-corrected chi connectivity index (χ4v) is 5.44. The standard InChI is InChI=1S/C26H32N2O4/c1-25(2)10-17-23(19(29)12-25)22(15-7-6-8-16(9-15)32-14-21(27)31)24-18(28(17)5)11-26(3,4)13-20(24)30/h6-9,22H,10-14H2,1-5H3,(H2,27,31). The van der Waals surface area contributed by atoms with Crippen LogP contribution in [-0.4, -0.2) is 36.0 Å². The summed E-state index contributed by atoms with van der Waals surface area (Å²) in [7, 11) is 2.00. The first-order valence-electron chi connectivity index (χ1n) is 11.2. The van der Waals surface area contributed by atoms with Crippen molar-refractivity contribution in [2.24, 2.45) is 16.6 Å². The summed E-state index contributed by atoms with van der Waals surface area (Å²) >= 11 is 0. The average Bonchev–Trinajstić information content (AvgIpc) is 2.66. The average molecular weight is 437 g/mol. The first-order valence-corrected chi connectivity index (χ1v) is 11.2. The van der Waals surface area contributed by atoms with Crippen molar-refractivity contribution in [1.82, 2.24) is 4.90 Å². The smallest absolute Gasteiger partial charge is 0.255 e. The molecule has 6 heteroatoms. The Labute approximate surface area is 189 Å². The van der Waals surface area contributed by atoms with Crippen LogP contribution in [-0.2, 0) is 14.4 Å². The number of Topliss-reactive ketones (excluding diaryl/α,β-unsaturated/α-hetero) is 2. The summed E-state index contributed by atoms with van der Waals surface area (Å²) in [6, 6.07) is 7.35. The Morgan fingerprint density at radius 2 is 1.53 bits per heavy atom. The summed E-state index contributed by atoms with van der Waals surface area (Å²) in [6.07, 6.45) is 2.47. The van der Waals surface area contributed by atoms with E-state index in [2.05, 4.69) is 32.6 Å². The summed E-state index contributed by atoms with van der Waals surface area (Å²) in [5.74, 6) is -0.280. The van der Waals surface area contributed by atoms with Crippen LogP contribution >= 0.6 is 0 Å². The molecule has 0 saturated carbocycles. The first kappa shape index (κ1) is 22.3. The molecular formula is C26H32N2O4. The number of ether oxygens (including phenoxy) is 1. The second kappa shape index (κ2) is 7.61. The molecule has 0 unspecified atom stereocenters. The lowest BCUT2D eigenvalue weighted by molar-refractivity contribution is -0.120. The van der Waals surface area contributed by atoms with Gasteiger partial charge in [0.2, 0.25) is 0 Å². The first-order chi connectivity index (χ1) is 14.9. The minimum atomic E-state index is -0.556. The van der Waals surface area contributed by atoms with E-state index in [-0.39, 0.29) is 29.0 Å². The lowest BCUT2D eigenvalue weighted by Crippen LogP contribution is -2.43. The van der Waals surface area contributed by atoms with Crippen LogP contribution < -0.4 is 10.5 Å². The molecule has 2 N–H and O–H groups in total. The molecule has 0 saturated heterocycles. The van der Waals surface area contributed by atoms with E-state index in [1.54, 1.807) is 6.07 Å². The molecule has 0 bridgehead atoms. The van der Waals surface area contributed by atoms with Crippen LogP contribution in [0.25, 0.3) is 0 Å². The molecule has 1 heterocycles. The zero-order chi connectivity index (χ0) is 23.4. The third kappa shape index (κ3) is 3.98. The van der Waals surface area contributed by atoms with Crippen molar-refractivity contribution in [3.63, 3.8) is 0 Å². The summed E-state index contributed by atoms with van der Waals surface area (Å²) < 4.78 is 5.53. The fourth-order valence-electron chi connectivity index (χ4n) is 5.44. The molecule has 0 aromatic heterocycles. The number of hydrogen-bond donors (Lipinski definition) is 1. The highest BCUT2D eigenvalue weighted by molar-refractivity contribution is 6.06. The van der Waals surface area contributed by atoms with Crippen molar-refractivity contribution >= 4 is 17.5 Å². The molecule has 2 aliphatic carbocycles. The van der Waals surface area contributed by atoms with Gasteiger partial charge in [-0.1, -0.05) is 39.8 Å². The summed E-state index contributed by atoms with van der Waals surface area (Å²) in [6.45, 7) is 8.26. The Morgan fingerprint density at radius 1 is 1.00 bits per heavy atom. The molecule has 0 atom stereocenters. The molecule has 0 spiro atoms. The van der Waals surface area contributed by atoms with E-state index < -0.39 is 11.8 Å². The molecule has 3 aliphatic rings. The number of amides is 1. The normalized spacial score (nSPS) is 22.6. The monoisotopic (exact) mass is 436 g/mol. The van der Waals surface area contributed by atoms with Crippen LogP contribution in [0.4, 0.5) is 0 Å². The van der Waals surface area contributed by atoms with Crippen molar-refractivity contribution in [3.8, 4) is 5.75 Å². The van der Waals surface area contributed by atoms with Gasteiger partial charge in [0.25, 0.3) is 5.91 Å². The highest BCUT2D eigenvalue weighted by Gasteiger charge is 2.48. The van der Waals surface area contributed by atoms with Gasteiger partial charge < -0.3 is 15.4 Å². The zero-order valence-electron chi connectivity index (χ0n) is 19.6. The molecule has 32 heavy (non-hydrogen) atoms. The third-order valence-electron chi connectivity index (χ3n) is 6.75. The molecule has 6 nitrogen and oxygen atoms in total. The Hall–Kier alpha value is -2.89. The van der Waals surface area contributed by atoms with Gasteiger partial charge >= 0.3 is 0 Å². The summed E-state index contributed by atoms with van der Waals surface area (Å²) in [4.78, 5) is 40.2. The van der Waals surface area contributed by atoms with E-state index in [0.29, 0.717) is 18.6 Å². The van der Waals surface area contributed by atoms with E-state index in [1.807, 2.05) is 25.2 Å². The van der Waals surface area contributed by atoms with Crippen molar-refractivity contribution < 1.29 is 19.1 Å². The maximum atomic E-state index is 13.5. The lowest BCUT2D eigenvalue weighted by Gasteiger charge is -2.47. The highest BCUT2D eigenvalue weighted by atomic mass is 16.5. The Balaban J connectivity index is 1.89. The fraction of sp³-hybridized carbons (Fsp3) is 0.500. The number of allylic oxidation sites excluding steroid dienone is 4. The minimum Gasteiger partial charge on any atom is -0.484 e. The van der Waals surface area contributed by atoms with E-state index in [4.69, 9.17) is 10.5 Å². The van der Waals surface area contributed by atoms with Gasteiger partial charge in [0, 0.05) is 48.3 Å². The Morgan fingerprint density at radius 3 is 2.03 bits per heavy atom. The lowest BCUT2D eigenvalue weighted by atomic mass is 9.64. The van der Waals surface area contributed by atoms with E-state index >= 15 is 0 Å². The molecule has 1 aromatic carbocycles. The number of rotatable bonds is 4. The molecule has 1 amide bonds. The quantitative estimate of drug-likeness (QED) is 0.774. The van der Waals surface area contributed by atoms with Crippen molar-refractivity contribution in [2.75, 3.05) is 13.7 Å². The number of nitrogens with two attached hydrogens (primary N) is 1. The van der Waals surface area contributed by atoms with Gasteiger partial charge in [0.05, 0.1) is 0 Å². The minimum absolute atomic E-state index is 0.0979. The number of benzene rings is 1. The maximum absolute atomic E-state index is 13.5. The second-order valence-corrected chi connectivity index (χ2v) is 10.9. The van der Waals surface area contributed by atoms with Crippen molar-refractivity contribution in [1.29, 1.82) is 0 Å². The molecule has 1 aliphatic heterocycles. The number of ketones is 2. The topological polar surface area (TPSA) is 89.7 Å². The molecule has 0 fully saturated rings. The SMILES string of the molecule is CN1C2=C(C(=O)CC(C)(C)C2)C(c2cccc(OCC(N)=O)c2)C2=C1CC(C)(C)CC2=O. The van der Waals surface area contributed by atoms with Crippen LogP contribution in [0, 0.1) is 10.8 Å². The number of nitrogens with zero attached hydrogens (tertiary/aromatic N) is 1. The van der Waals surface area contributed by atoms with Crippen molar-refractivity contribution in [2.45, 2.75) is 59.3 Å². The second-order valence-electron chi connectivity index (χ2n) is 10.9.